The number of aromatic nitrogens is 2. The Morgan fingerprint density at radius 1 is 1.40 bits per heavy atom. The standard InChI is InChI=1S/C19H19N3O2S/c1-4-8-22-11-14(10-20)15-9-13(6-7-16(15)22)18-21-12(3)17(25-18)19(23)24-5-2/h6-7,9,11H,4-5,8H2,1-3H3. The number of hydrogen-bond donors (Lipinski definition) is 0. The fourth-order valence-electron chi connectivity index (χ4n) is 2.85. The van der Waals surface area contributed by atoms with Gasteiger partial charge >= 0.3 is 5.97 Å². The number of fused-ring (bicyclic) bond motifs is 1. The van der Waals surface area contributed by atoms with Crippen molar-refractivity contribution in [1.29, 1.82) is 5.26 Å². The molecule has 1 aromatic carbocycles. The molecule has 0 spiro atoms. The van der Waals surface area contributed by atoms with E-state index in [9.17, 15) is 10.1 Å². The van der Waals surface area contributed by atoms with E-state index in [0.29, 0.717) is 22.7 Å². The summed E-state index contributed by atoms with van der Waals surface area (Å²) >= 11 is 1.32. The molecule has 0 radical (unpaired) electrons. The summed E-state index contributed by atoms with van der Waals surface area (Å²) in [6, 6.07) is 8.25. The van der Waals surface area contributed by atoms with Gasteiger partial charge in [-0.2, -0.15) is 5.26 Å². The van der Waals surface area contributed by atoms with Crippen molar-refractivity contribution in [3.05, 3.63) is 40.5 Å². The number of carbonyl (C=O) groups is 1. The summed E-state index contributed by atoms with van der Waals surface area (Å²) in [4.78, 5) is 17.0. The van der Waals surface area contributed by atoms with Gasteiger partial charge < -0.3 is 9.30 Å². The summed E-state index contributed by atoms with van der Waals surface area (Å²) in [5.41, 5.74) is 3.27. The highest BCUT2D eigenvalue weighted by Crippen LogP contribution is 2.32. The maximum Gasteiger partial charge on any atom is 0.350 e. The predicted molar refractivity (Wildman–Crippen MR) is 98.7 cm³/mol. The molecular weight excluding hydrogens is 334 g/mol. The molecule has 5 nitrogen and oxygen atoms in total. The van der Waals surface area contributed by atoms with Crippen LogP contribution in [0.25, 0.3) is 21.5 Å². The highest BCUT2D eigenvalue weighted by atomic mass is 32.1. The Kier molecular flexibility index (Phi) is 4.86. The van der Waals surface area contributed by atoms with Gasteiger partial charge in [-0.25, -0.2) is 9.78 Å². The Balaban J connectivity index is 2.07. The molecule has 0 amide bonds. The predicted octanol–water partition coefficient (Wildman–Crippen LogP) is 4.53. The molecular formula is C19H19N3O2S. The number of aryl methyl sites for hydroxylation is 2. The molecule has 0 fully saturated rings. The van der Waals surface area contributed by atoms with E-state index < -0.39 is 0 Å². The van der Waals surface area contributed by atoms with Crippen molar-refractivity contribution in [3.8, 4) is 16.6 Å². The van der Waals surface area contributed by atoms with Gasteiger partial charge in [0.05, 0.1) is 17.9 Å². The molecule has 0 saturated heterocycles. The van der Waals surface area contributed by atoms with Gasteiger partial charge in [0.2, 0.25) is 0 Å². The third kappa shape index (κ3) is 3.15. The van der Waals surface area contributed by atoms with Crippen LogP contribution in [0.1, 0.15) is 41.2 Å². The van der Waals surface area contributed by atoms with Gasteiger partial charge in [0, 0.05) is 29.2 Å². The molecule has 0 saturated carbocycles. The van der Waals surface area contributed by atoms with Crippen LogP contribution in [0.4, 0.5) is 0 Å². The first kappa shape index (κ1) is 17.2. The molecule has 0 aliphatic heterocycles. The molecule has 0 N–H and O–H groups in total. The maximum absolute atomic E-state index is 12.0. The summed E-state index contributed by atoms with van der Waals surface area (Å²) in [7, 11) is 0. The fourth-order valence-corrected chi connectivity index (χ4v) is 3.81. The van der Waals surface area contributed by atoms with Crippen molar-refractivity contribution < 1.29 is 9.53 Å². The molecule has 3 aromatic rings. The zero-order chi connectivity index (χ0) is 18.0. The number of nitriles is 1. The lowest BCUT2D eigenvalue weighted by molar-refractivity contribution is 0.0531. The number of rotatable bonds is 5. The molecule has 0 aliphatic carbocycles. The Bertz CT molecular complexity index is 979. The minimum absolute atomic E-state index is 0.336. The number of thiazole rings is 1. The smallest absolute Gasteiger partial charge is 0.350 e. The van der Waals surface area contributed by atoms with Crippen LogP contribution in [0.2, 0.25) is 0 Å². The summed E-state index contributed by atoms with van der Waals surface area (Å²) in [5, 5.41) is 11.1. The van der Waals surface area contributed by atoms with Crippen molar-refractivity contribution in [2.75, 3.05) is 6.61 Å². The van der Waals surface area contributed by atoms with Gasteiger partial charge in [-0.1, -0.05) is 6.92 Å². The van der Waals surface area contributed by atoms with E-state index in [2.05, 4.69) is 22.5 Å². The number of benzene rings is 1. The maximum atomic E-state index is 12.0. The highest BCUT2D eigenvalue weighted by Gasteiger charge is 2.18. The Hall–Kier alpha value is -2.65. The molecule has 0 bridgehead atoms. The topological polar surface area (TPSA) is 67.9 Å². The van der Waals surface area contributed by atoms with Crippen LogP contribution >= 0.6 is 11.3 Å². The minimum Gasteiger partial charge on any atom is -0.462 e. The molecule has 128 valence electrons. The minimum atomic E-state index is -0.336. The summed E-state index contributed by atoms with van der Waals surface area (Å²) in [5.74, 6) is -0.336. The lowest BCUT2D eigenvalue weighted by Gasteiger charge is -2.03. The second-order valence-electron chi connectivity index (χ2n) is 5.73. The van der Waals surface area contributed by atoms with E-state index in [-0.39, 0.29) is 5.97 Å². The van der Waals surface area contributed by atoms with E-state index in [0.717, 1.165) is 34.4 Å². The first-order valence-corrected chi connectivity index (χ1v) is 9.08. The first-order chi connectivity index (χ1) is 12.1. The molecule has 0 aliphatic rings. The van der Waals surface area contributed by atoms with E-state index in [4.69, 9.17) is 4.74 Å². The second-order valence-corrected chi connectivity index (χ2v) is 6.73. The van der Waals surface area contributed by atoms with Crippen molar-refractivity contribution in [2.45, 2.75) is 33.7 Å². The van der Waals surface area contributed by atoms with Gasteiger partial charge in [0.15, 0.2) is 0 Å². The molecule has 0 atom stereocenters. The average molecular weight is 353 g/mol. The lowest BCUT2D eigenvalue weighted by Crippen LogP contribution is -2.03. The van der Waals surface area contributed by atoms with Crippen molar-refractivity contribution in [1.82, 2.24) is 9.55 Å². The number of hydrogen-bond acceptors (Lipinski definition) is 5. The quantitative estimate of drug-likeness (QED) is 0.632. The normalized spacial score (nSPS) is 10.8. The van der Waals surface area contributed by atoms with Crippen LogP contribution in [0.15, 0.2) is 24.4 Å². The van der Waals surface area contributed by atoms with Gasteiger partial charge in [-0.15, -0.1) is 11.3 Å². The van der Waals surface area contributed by atoms with Gasteiger partial charge in [-0.3, -0.25) is 0 Å². The molecule has 2 heterocycles. The molecule has 3 rings (SSSR count). The van der Waals surface area contributed by atoms with Crippen molar-refractivity contribution in [3.63, 3.8) is 0 Å². The van der Waals surface area contributed by atoms with E-state index in [1.165, 1.54) is 11.3 Å². The Labute approximate surface area is 150 Å². The van der Waals surface area contributed by atoms with Gasteiger partial charge in [-0.05, 0) is 38.5 Å². The van der Waals surface area contributed by atoms with Gasteiger partial charge in [0.1, 0.15) is 16.0 Å². The zero-order valence-electron chi connectivity index (χ0n) is 14.5. The van der Waals surface area contributed by atoms with Crippen LogP contribution in [0.3, 0.4) is 0 Å². The van der Waals surface area contributed by atoms with Crippen molar-refractivity contribution >= 4 is 28.2 Å². The third-order valence-corrected chi connectivity index (χ3v) is 5.16. The van der Waals surface area contributed by atoms with Crippen molar-refractivity contribution in [2.24, 2.45) is 0 Å². The lowest BCUT2D eigenvalue weighted by atomic mass is 10.1. The number of esters is 1. The Morgan fingerprint density at radius 2 is 2.20 bits per heavy atom. The molecule has 25 heavy (non-hydrogen) atoms. The first-order valence-electron chi connectivity index (χ1n) is 8.26. The summed E-state index contributed by atoms with van der Waals surface area (Å²) in [6.07, 6.45) is 2.90. The second kappa shape index (κ2) is 7.08. The van der Waals surface area contributed by atoms with E-state index in [1.807, 2.05) is 31.3 Å². The van der Waals surface area contributed by atoms with Crippen LogP contribution in [0, 0.1) is 18.3 Å². The third-order valence-electron chi connectivity index (χ3n) is 3.97. The number of ether oxygens (including phenoxy) is 1. The molecule has 6 heteroatoms. The Morgan fingerprint density at radius 3 is 2.88 bits per heavy atom. The van der Waals surface area contributed by atoms with Crippen LogP contribution in [-0.4, -0.2) is 22.1 Å². The highest BCUT2D eigenvalue weighted by molar-refractivity contribution is 7.17. The number of nitrogens with zero attached hydrogens (tertiary/aromatic N) is 3. The largest absolute Gasteiger partial charge is 0.462 e. The monoisotopic (exact) mass is 353 g/mol. The van der Waals surface area contributed by atoms with E-state index in [1.54, 1.807) is 6.92 Å². The average Bonchev–Trinajstić information content (AvgIpc) is 3.16. The van der Waals surface area contributed by atoms with Crippen LogP contribution in [0.5, 0.6) is 0 Å². The van der Waals surface area contributed by atoms with Gasteiger partial charge in [0.25, 0.3) is 0 Å². The van der Waals surface area contributed by atoms with E-state index >= 15 is 0 Å². The zero-order valence-corrected chi connectivity index (χ0v) is 15.3. The molecule has 2 aromatic heterocycles. The van der Waals surface area contributed by atoms with Crippen LogP contribution in [-0.2, 0) is 11.3 Å². The van der Waals surface area contributed by atoms with Crippen LogP contribution < -0.4 is 0 Å². The summed E-state index contributed by atoms with van der Waals surface area (Å²) < 4.78 is 7.19. The fraction of sp³-hybridized carbons (Fsp3) is 0.316. The molecule has 0 unspecified atom stereocenters. The SMILES string of the molecule is CCCn1cc(C#N)c2cc(-c3nc(C)c(C(=O)OCC)s3)ccc21. The number of carbonyl (C=O) groups excluding carboxylic acids is 1. The summed E-state index contributed by atoms with van der Waals surface area (Å²) in [6.45, 7) is 6.92.